The summed E-state index contributed by atoms with van der Waals surface area (Å²) in [5.74, 6) is 0.436. The molecule has 142 valence electrons. The quantitative estimate of drug-likeness (QED) is 0.505. The first-order valence-electron chi connectivity index (χ1n) is 8.70. The Bertz CT molecular complexity index is 761. The number of nitrogens with one attached hydrogen (secondary N) is 3. The third kappa shape index (κ3) is 7.36. The fourth-order valence-electron chi connectivity index (χ4n) is 2.32. The van der Waals surface area contributed by atoms with Gasteiger partial charge in [-0.05, 0) is 24.6 Å². The number of aliphatic hydroxyl groups is 1. The Hall–Kier alpha value is -3.08. The molecule has 2 atom stereocenters. The van der Waals surface area contributed by atoms with Crippen molar-refractivity contribution in [3.63, 3.8) is 0 Å². The van der Waals surface area contributed by atoms with Gasteiger partial charge in [-0.3, -0.25) is 5.32 Å². The fraction of sp³-hybridized carbons (Fsp3) is 0.300. The van der Waals surface area contributed by atoms with Gasteiger partial charge in [-0.25, -0.2) is 4.79 Å². The zero-order chi connectivity index (χ0) is 19.5. The van der Waals surface area contributed by atoms with Gasteiger partial charge < -0.3 is 20.5 Å². The molecular weight excluding hydrogens is 344 g/mol. The van der Waals surface area contributed by atoms with Crippen LogP contribution >= 0.6 is 0 Å². The van der Waals surface area contributed by atoms with E-state index in [1.807, 2.05) is 36.4 Å². The summed E-state index contributed by atoms with van der Waals surface area (Å²) in [7, 11) is 0. The Morgan fingerprint density at radius 3 is 2.63 bits per heavy atom. The van der Waals surface area contributed by atoms with E-state index in [9.17, 15) is 9.90 Å². The molecule has 2 rings (SSSR count). The van der Waals surface area contributed by atoms with E-state index in [0.29, 0.717) is 17.9 Å². The summed E-state index contributed by atoms with van der Waals surface area (Å²) in [6.07, 6.45) is -1.12. The third-order valence-corrected chi connectivity index (χ3v) is 3.74. The molecule has 0 spiro atoms. The molecule has 0 bridgehead atoms. The molecule has 0 aliphatic carbocycles. The van der Waals surface area contributed by atoms with Crippen LogP contribution in [-0.4, -0.2) is 36.6 Å². The zero-order valence-electron chi connectivity index (χ0n) is 15.2. The van der Waals surface area contributed by atoms with Gasteiger partial charge >= 0.3 is 6.03 Å². The minimum Gasteiger partial charge on any atom is -0.489 e. The second-order valence-corrected chi connectivity index (χ2v) is 6.02. The standard InChI is InChI=1S/C20H24N4O3/c1-15(24-20(26)23-12-16-7-3-2-4-8-16)22-13-18(25)14-27-19-10-6-5-9-17(19)11-21/h2-10,15,18,22,25H,12-14H2,1H3,(H2,23,24,26). The molecule has 0 aliphatic rings. The van der Waals surface area contributed by atoms with Crippen molar-refractivity contribution in [2.45, 2.75) is 25.7 Å². The zero-order valence-corrected chi connectivity index (χ0v) is 15.2. The Morgan fingerprint density at radius 2 is 1.89 bits per heavy atom. The van der Waals surface area contributed by atoms with E-state index < -0.39 is 6.10 Å². The van der Waals surface area contributed by atoms with Crippen molar-refractivity contribution in [2.75, 3.05) is 13.2 Å². The highest BCUT2D eigenvalue weighted by molar-refractivity contribution is 5.74. The van der Waals surface area contributed by atoms with Gasteiger partial charge in [0, 0.05) is 13.1 Å². The molecule has 2 unspecified atom stereocenters. The molecule has 0 radical (unpaired) electrons. The van der Waals surface area contributed by atoms with Crippen molar-refractivity contribution in [1.29, 1.82) is 5.26 Å². The number of urea groups is 1. The second kappa shape index (κ2) is 10.8. The molecular formula is C20H24N4O3. The summed E-state index contributed by atoms with van der Waals surface area (Å²) < 4.78 is 5.48. The minimum absolute atomic E-state index is 0.0403. The van der Waals surface area contributed by atoms with Crippen LogP contribution in [0.5, 0.6) is 5.75 Å². The normalized spacial score (nSPS) is 12.5. The number of nitriles is 1. The molecule has 0 saturated carbocycles. The lowest BCUT2D eigenvalue weighted by atomic mass is 10.2. The lowest BCUT2D eigenvalue weighted by molar-refractivity contribution is 0.103. The van der Waals surface area contributed by atoms with Crippen LogP contribution in [0, 0.1) is 11.3 Å². The van der Waals surface area contributed by atoms with Crippen LogP contribution in [0.25, 0.3) is 0 Å². The highest BCUT2D eigenvalue weighted by atomic mass is 16.5. The Kier molecular flexibility index (Phi) is 8.10. The SMILES string of the molecule is CC(NCC(O)COc1ccccc1C#N)NC(=O)NCc1ccccc1. The van der Waals surface area contributed by atoms with Gasteiger partial charge in [0.25, 0.3) is 0 Å². The Balaban J connectivity index is 1.64. The summed E-state index contributed by atoms with van der Waals surface area (Å²) in [5.41, 5.74) is 1.43. The number of amides is 2. The lowest BCUT2D eigenvalue weighted by Gasteiger charge is -2.19. The van der Waals surface area contributed by atoms with Crippen LogP contribution in [0.1, 0.15) is 18.1 Å². The van der Waals surface area contributed by atoms with Gasteiger partial charge in [0.15, 0.2) is 0 Å². The van der Waals surface area contributed by atoms with Crippen molar-refractivity contribution >= 4 is 6.03 Å². The van der Waals surface area contributed by atoms with Crippen molar-refractivity contribution < 1.29 is 14.6 Å². The van der Waals surface area contributed by atoms with E-state index in [4.69, 9.17) is 10.00 Å². The van der Waals surface area contributed by atoms with Gasteiger partial charge in [-0.2, -0.15) is 5.26 Å². The van der Waals surface area contributed by atoms with Crippen molar-refractivity contribution in [2.24, 2.45) is 0 Å². The predicted octanol–water partition coefficient (Wildman–Crippen LogP) is 1.73. The molecule has 2 aromatic rings. The van der Waals surface area contributed by atoms with Crippen LogP contribution in [0.4, 0.5) is 4.79 Å². The summed E-state index contributed by atoms with van der Waals surface area (Å²) >= 11 is 0. The molecule has 2 amide bonds. The predicted molar refractivity (Wildman–Crippen MR) is 102 cm³/mol. The third-order valence-electron chi connectivity index (χ3n) is 3.74. The molecule has 2 aromatic carbocycles. The first kappa shape index (κ1) is 20.2. The monoisotopic (exact) mass is 368 g/mol. The maximum absolute atomic E-state index is 11.9. The smallest absolute Gasteiger partial charge is 0.316 e. The van der Waals surface area contributed by atoms with E-state index >= 15 is 0 Å². The number of hydrogen-bond donors (Lipinski definition) is 4. The van der Waals surface area contributed by atoms with Crippen LogP contribution in [-0.2, 0) is 6.54 Å². The number of hydrogen-bond acceptors (Lipinski definition) is 5. The van der Waals surface area contributed by atoms with Gasteiger partial charge in [0.1, 0.15) is 24.5 Å². The first-order valence-corrected chi connectivity index (χ1v) is 8.70. The van der Waals surface area contributed by atoms with Crippen molar-refractivity contribution in [3.8, 4) is 11.8 Å². The van der Waals surface area contributed by atoms with E-state index in [1.165, 1.54) is 0 Å². The van der Waals surface area contributed by atoms with Crippen LogP contribution in [0.3, 0.4) is 0 Å². The topological polar surface area (TPSA) is 106 Å². The number of aliphatic hydroxyl groups excluding tert-OH is 1. The maximum Gasteiger partial charge on any atom is 0.316 e. The molecule has 4 N–H and O–H groups in total. The summed E-state index contributed by atoms with van der Waals surface area (Å²) in [6, 6.07) is 18.2. The number of carbonyl (C=O) groups is 1. The molecule has 7 nitrogen and oxygen atoms in total. The van der Waals surface area contributed by atoms with Crippen LogP contribution in [0.15, 0.2) is 54.6 Å². The highest BCUT2D eigenvalue weighted by Crippen LogP contribution is 2.16. The average Bonchev–Trinajstić information content (AvgIpc) is 2.70. The molecule has 7 heteroatoms. The summed E-state index contributed by atoms with van der Waals surface area (Å²) in [6.45, 7) is 2.49. The number of ether oxygens (including phenoxy) is 1. The molecule has 0 heterocycles. The number of benzene rings is 2. The fourth-order valence-corrected chi connectivity index (χ4v) is 2.32. The Labute approximate surface area is 159 Å². The van der Waals surface area contributed by atoms with Crippen LogP contribution in [0.2, 0.25) is 0 Å². The molecule has 27 heavy (non-hydrogen) atoms. The highest BCUT2D eigenvalue weighted by Gasteiger charge is 2.11. The second-order valence-electron chi connectivity index (χ2n) is 6.02. The average molecular weight is 368 g/mol. The number of rotatable bonds is 9. The van der Waals surface area contributed by atoms with Crippen LogP contribution < -0.4 is 20.7 Å². The number of carbonyl (C=O) groups excluding carboxylic acids is 1. The van der Waals surface area contributed by atoms with Gasteiger partial charge in [-0.1, -0.05) is 42.5 Å². The first-order chi connectivity index (χ1) is 13.1. The molecule has 0 fully saturated rings. The minimum atomic E-state index is -0.784. The molecule has 0 saturated heterocycles. The van der Waals surface area contributed by atoms with E-state index in [0.717, 1.165) is 5.56 Å². The number of para-hydroxylation sites is 1. The summed E-state index contributed by atoms with van der Waals surface area (Å²) in [4.78, 5) is 11.9. The molecule has 0 aliphatic heterocycles. The molecule has 0 aromatic heterocycles. The van der Waals surface area contributed by atoms with E-state index in [1.54, 1.807) is 31.2 Å². The maximum atomic E-state index is 11.9. The number of nitrogens with zero attached hydrogens (tertiary/aromatic N) is 1. The lowest BCUT2D eigenvalue weighted by Crippen LogP contribution is -2.49. The Morgan fingerprint density at radius 1 is 1.19 bits per heavy atom. The van der Waals surface area contributed by atoms with Crippen molar-refractivity contribution in [3.05, 3.63) is 65.7 Å². The van der Waals surface area contributed by atoms with E-state index in [-0.39, 0.29) is 25.3 Å². The largest absolute Gasteiger partial charge is 0.489 e. The van der Waals surface area contributed by atoms with E-state index in [2.05, 4.69) is 16.0 Å². The van der Waals surface area contributed by atoms with Crippen molar-refractivity contribution in [1.82, 2.24) is 16.0 Å². The van der Waals surface area contributed by atoms with Gasteiger partial charge in [0.2, 0.25) is 0 Å². The summed E-state index contributed by atoms with van der Waals surface area (Å²) in [5, 5.41) is 27.5. The van der Waals surface area contributed by atoms with Gasteiger partial charge in [0.05, 0.1) is 11.7 Å². The van der Waals surface area contributed by atoms with Gasteiger partial charge in [-0.15, -0.1) is 0 Å².